The summed E-state index contributed by atoms with van der Waals surface area (Å²) >= 11 is 0. The second-order valence-corrected chi connectivity index (χ2v) is 3.28. The zero-order valence-electron chi connectivity index (χ0n) is 8.90. The fourth-order valence-corrected chi connectivity index (χ4v) is 1.28. The van der Waals surface area contributed by atoms with Crippen molar-refractivity contribution in [2.75, 3.05) is 10.7 Å². The Morgan fingerprint density at radius 3 is 2.94 bits per heavy atom. The third-order valence-corrected chi connectivity index (χ3v) is 2.02. The molecule has 0 atom stereocenters. The first-order chi connectivity index (χ1) is 7.78. The molecule has 0 saturated carbocycles. The van der Waals surface area contributed by atoms with E-state index in [1.807, 2.05) is 19.1 Å². The van der Waals surface area contributed by atoms with Gasteiger partial charge in [-0.2, -0.15) is 4.98 Å². The first kappa shape index (κ1) is 10.4. The van der Waals surface area contributed by atoms with Gasteiger partial charge >= 0.3 is 0 Å². The van der Waals surface area contributed by atoms with Crippen LogP contribution in [0.25, 0.3) is 0 Å². The van der Waals surface area contributed by atoms with E-state index in [9.17, 15) is 0 Å². The molecule has 2 rings (SSSR count). The molecule has 16 heavy (non-hydrogen) atoms. The van der Waals surface area contributed by atoms with Crippen molar-refractivity contribution < 1.29 is 4.42 Å². The number of rotatable bonds is 4. The lowest BCUT2D eigenvalue weighted by molar-refractivity contribution is 0.490. The molecule has 0 spiro atoms. The Hall–Kier alpha value is -2.08. The maximum Gasteiger partial charge on any atom is 0.239 e. The molecule has 0 unspecified atom stereocenters. The third-order valence-electron chi connectivity index (χ3n) is 2.02. The van der Waals surface area contributed by atoms with E-state index in [1.165, 1.54) is 0 Å². The van der Waals surface area contributed by atoms with Crippen molar-refractivity contribution in [1.82, 2.24) is 9.97 Å². The second kappa shape index (κ2) is 4.63. The first-order valence-electron chi connectivity index (χ1n) is 4.87. The van der Waals surface area contributed by atoms with E-state index in [1.54, 1.807) is 12.3 Å². The Morgan fingerprint density at radius 2 is 2.25 bits per heavy atom. The number of anilines is 2. The average Bonchev–Trinajstić information content (AvgIpc) is 2.73. The van der Waals surface area contributed by atoms with Gasteiger partial charge in [-0.3, -0.25) is 5.43 Å². The predicted molar refractivity (Wildman–Crippen MR) is 60.6 cm³/mol. The van der Waals surface area contributed by atoms with Crippen LogP contribution in [0.5, 0.6) is 0 Å². The smallest absolute Gasteiger partial charge is 0.239 e. The van der Waals surface area contributed by atoms with Gasteiger partial charge < -0.3 is 9.73 Å². The minimum absolute atomic E-state index is 0.376. The van der Waals surface area contributed by atoms with Crippen LogP contribution < -0.4 is 16.6 Å². The summed E-state index contributed by atoms with van der Waals surface area (Å²) in [4.78, 5) is 8.02. The molecule has 2 aromatic heterocycles. The summed E-state index contributed by atoms with van der Waals surface area (Å²) < 4.78 is 5.42. The Morgan fingerprint density at radius 1 is 1.38 bits per heavy atom. The normalized spacial score (nSPS) is 10.1. The number of hydrogen-bond acceptors (Lipinski definition) is 6. The van der Waals surface area contributed by atoms with Crippen LogP contribution in [0, 0.1) is 6.92 Å². The molecule has 0 amide bonds. The highest BCUT2D eigenvalue weighted by atomic mass is 16.3. The zero-order valence-corrected chi connectivity index (χ0v) is 8.90. The van der Waals surface area contributed by atoms with Crippen molar-refractivity contribution >= 4 is 11.8 Å². The van der Waals surface area contributed by atoms with Crippen LogP contribution in [-0.4, -0.2) is 9.97 Å². The number of hydrogen-bond donors (Lipinski definition) is 3. The van der Waals surface area contributed by atoms with E-state index in [-0.39, 0.29) is 0 Å². The standard InChI is InChI=1S/C10H13N5O/c1-7-2-3-8(16-7)6-13-9-4-5-12-10(14-9)15-11/h2-5H,6,11H2,1H3,(H2,12,13,14,15). The largest absolute Gasteiger partial charge is 0.465 e. The molecule has 4 N–H and O–H groups in total. The van der Waals surface area contributed by atoms with E-state index >= 15 is 0 Å². The minimum Gasteiger partial charge on any atom is -0.465 e. The van der Waals surface area contributed by atoms with Gasteiger partial charge in [0.1, 0.15) is 17.3 Å². The topological polar surface area (TPSA) is 89.0 Å². The summed E-state index contributed by atoms with van der Waals surface area (Å²) in [5, 5.41) is 3.11. The molecular formula is C10H13N5O. The number of nitrogens with zero attached hydrogens (tertiary/aromatic N) is 2. The summed E-state index contributed by atoms with van der Waals surface area (Å²) in [6, 6.07) is 5.60. The Kier molecular flexibility index (Phi) is 3.02. The highest BCUT2D eigenvalue weighted by Gasteiger charge is 2.00. The summed E-state index contributed by atoms with van der Waals surface area (Å²) in [6.45, 7) is 2.49. The van der Waals surface area contributed by atoms with Crippen LogP contribution in [0.2, 0.25) is 0 Å². The van der Waals surface area contributed by atoms with E-state index in [2.05, 4.69) is 20.7 Å². The van der Waals surface area contributed by atoms with Crippen molar-refractivity contribution in [2.45, 2.75) is 13.5 Å². The molecule has 0 aliphatic carbocycles. The second-order valence-electron chi connectivity index (χ2n) is 3.28. The van der Waals surface area contributed by atoms with E-state index in [0.29, 0.717) is 18.3 Å². The van der Waals surface area contributed by atoms with Crippen LogP contribution >= 0.6 is 0 Å². The van der Waals surface area contributed by atoms with Crippen LogP contribution in [-0.2, 0) is 6.54 Å². The summed E-state index contributed by atoms with van der Waals surface area (Å²) in [7, 11) is 0. The van der Waals surface area contributed by atoms with Crippen molar-refractivity contribution in [3.63, 3.8) is 0 Å². The number of nitrogens with two attached hydrogens (primary N) is 1. The average molecular weight is 219 g/mol. The lowest BCUT2D eigenvalue weighted by Crippen LogP contribution is -2.11. The van der Waals surface area contributed by atoms with Crippen LogP contribution in [0.4, 0.5) is 11.8 Å². The fraction of sp³-hybridized carbons (Fsp3) is 0.200. The van der Waals surface area contributed by atoms with Gasteiger partial charge in [-0.1, -0.05) is 0 Å². The molecule has 84 valence electrons. The Balaban J connectivity index is 1.99. The number of aromatic nitrogens is 2. The maximum atomic E-state index is 5.42. The molecule has 0 fully saturated rings. The van der Waals surface area contributed by atoms with Crippen LogP contribution in [0.3, 0.4) is 0 Å². The van der Waals surface area contributed by atoms with Crippen molar-refractivity contribution in [1.29, 1.82) is 0 Å². The molecule has 2 heterocycles. The molecular weight excluding hydrogens is 206 g/mol. The number of aryl methyl sites for hydroxylation is 1. The number of nitrogen functional groups attached to an aromatic ring is 1. The van der Waals surface area contributed by atoms with E-state index in [0.717, 1.165) is 11.5 Å². The quantitative estimate of drug-likeness (QED) is 0.530. The number of nitrogens with one attached hydrogen (secondary N) is 2. The first-order valence-corrected chi connectivity index (χ1v) is 4.87. The molecule has 2 aromatic rings. The maximum absolute atomic E-state index is 5.42. The fourth-order valence-electron chi connectivity index (χ4n) is 1.28. The van der Waals surface area contributed by atoms with Crippen molar-refractivity contribution in [3.8, 4) is 0 Å². The van der Waals surface area contributed by atoms with Crippen molar-refractivity contribution in [3.05, 3.63) is 35.9 Å². The predicted octanol–water partition coefficient (Wildman–Crippen LogP) is 1.28. The van der Waals surface area contributed by atoms with Gasteiger partial charge in [0, 0.05) is 6.20 Å². The van der Waals surface area contributed by atoms with Gasteiger partial charge in [0.2, 0.25) is 5.95 Å². The highest BCUT2D eigenvalue weighted by molar-refractivity contribution is 5.39. The molecule has 6 heteroatoms. The molecule has 0 aliphatic rings. The van der Waals surface area contributed by atoms with Gasteiger partial charge in [0.25, 0.3) is 0 Å². The molecule has 0 radical (unpaired) electrons. The zero-order chi connectivity index (χ0) is 11.4. The van der Waals surface area contributed by atoms with E-state index < -0.39 is 0 Å². The molecule has 0 bridgehead atoms. The number of furan rings is 1. The SMILES string of the molecule is Cc1ccc(CNc2ccnc(NN)n2)o1. The monoisotopic (exact) mass is 219 g/mol. The van der Waals surface area contributed by atoms with Crippen molar-refractivity contribution in [2.24, 2.45) is 5.84 Å². The molecule has 6 nitrogen and oxygen atoms in total. The molecule has 0 saturated heterocycles. The van der Waals surface area contributed by atoms with Crippen LogP contribution in [0.15, 0.2) is 28.8 Å². The van der Waals surface area contributed by atoms with Gasteiger partial charge in [0.05, 0.1) is 6.54 Å². The van der Waals surface area contributed by atoms with Gasteiger partial charge in [-0.05, 0) is 25.1 Å². The molecule has 0 aliphatic heterocycles. The summed E-state index contributed by atoms with van der Waals surface area (Å²) in [5.74, 6) is 8.03. The number of hydrazine groups is 1. The van der Waals surface area contributed by atoms with Gasteiger partial charge in [-0.15, -0.1) is 0 Å². The van der Waals surface area contributed by atoms with Crippen LogP contribution in [0.1, 0.15) is 11.5 Å². The Labute approximate surface area is 92.9 Å². The minimum atomic E-state index is 0.376. The summed E-state index contributed by atoms with van der Waals surface area (Å²) in [6.07, 6.45) is 1.62. The summed E-state index contributed by atoms with van der Waals surface area (Å²) in [5.41, 5.74) is 2.38. The molecule has 0 aromatic carbocycles. The van der Waals surface area contributed by atoms with Gasteiger partial charge in [-0.25, -0.2) is 10.8 Å². The van der Waals surface area contributed by atoms with Gasteiger partial charge in [0.15, 0.2) is 0 Å². The van der Waals surface area contributed by atoms with E-state index in [4.69, 9.17) is 10.3 Å². The lowest BCUT2D eigenvalue weighted by Gasteiger charge is -2.04. The highest BCUT2D eigenvalue weighted by Crippen LogP contribution is 2.10. The Bertz CT molecular complexity index is 468. The lowest BCUT2D eigenvalue weighted by atomic mass is 10.4. The third kappa shape index (κ3) is 2.48.